The maximum atomic E-state index is 12.0. The van der Waals surface area contributed by atoms with Crippen molar-refractivity contribution in [3.63, 3.8) is 0 Å². The molecule has 1 aliphatic heterocycles. The number of benzene rings is 1. The summed E-state index contributed by atoms with van der Waals surface area (Å²) in [4.78, 5) is 13.6. The number of nitrogens with two attached hydrogens (primary N) is 1. The molecule has 0 aliphatic carbocycles. The molecule has 4 nitrogen and oxygen atoms in total. The number of nitrogens with zero attached hydrogens (tertiary/aromatic N) is 1. The van der Waals surface area contributed by atoms with Gasteiger partial charge in [0.25, 0.3) is 5.91 Å². The van der Waals surface area contributed by atoms with Gasteiger partial charge in [-0.1, -0.05) is 12.1 Å². The first-order valence-electron chi connectivity index (χ1n) is 5.32. The van der Waals surface area contributed by atoms with Gasteiger partial charge in [0, 0.05) is 12.1 Å². The van der Waals surface area contributed by atoms with Gasteiger partial charge in [0.2, 0.25) is 0 Å². The molecule has 86 valence electrons. The molecule has 1 aliphatic rings. The lowest BCUT2D eigenvalue weighted by molar-refractivity contribution is -0.0668. The van der Waals surface area contributed by atoms with Crippen molar-refractivity contribution in [2.75, 3.05) is 13.1 Å². The van der Waals surface area contributed by atoms with Gasteiger partial charge in [-0.05, 0) is 24.6 Å². The number of hydrogen-bond donors (Lipinski definition) is 2. The molecule has 1 amide bonds. The van der Waals surface area contributed by atoms with Gasteiger partial charge in [0.05, 0.1) is 18.7 Å². The molecule has 1 aromatic rings. The largest absolute Gasteiger partial charge is 0.386 e. The first-order valence-corrected chi connectivity index (χ1v) is 5.32. The fraction of sp³-hybridized carbons (Fsp3) is 0.417. The van der Waals surface area contributed by atoms with Crippen LogP contribution in [-0.2, 0) is 6.54 Å². The molecule has 3 N–H and O–H groups in total. The summed E-state index contributed by atoms with van der Waals surface area (Å²) in [5.74, 6) is -0.0400. The van der Waals surface area contributed by atoms with E-state index in [1.54, 1.807) is 24.0 Å². The van der Waals surface area contributed by atoms with Gasteiger partial charge in [-0.15, -0.1) is 0 Å². The van der Waals surface area contributed by atoms with E-state index >= 15 is 0 Å². The number of rotatable bonds is 2. The van der Waals surface area contributed by atoms with Crippen LogP contribution in [0.3, 0.4) is 0 Å². The zero-order chi connectivity index (χ0) is 11.8. The molecule has 0 saturated carbocycles. The highest BCUT2D eigenvalue weighted by molar-refractivity contribution is 5.95. The number of β-amino-alcohol motifs (C(OH)–C–C–N with tert-alkyl or cyclic N) is 1. The predicted molar refractivity (Wildman–Crippen MR) is 60.9 cm³/mol. The van der Waals surface area contributed by atoms with E-state index in [1.807, 2.05) is 12.1 Å². The third-order valence-electron chi connectivity index (χ3n) is 2.76. The Kier molecular flexibility index (Phi) is 2.69. The zero-order valence-electron chi connectivity index (χ0n) is 9.31. The van der Waals surface area contributed by atoms with Crippen molar-refractivity contribution in [1.29, 1.82) is 0 Å². The molecule has 0 spiro atoms. The van der Waals surface area contributed by atoms with E-state index in [0.29, 0.717) is 25.2 Å². The minimum Gasteiger partial charge on any atom is -0.386 e. The Morgan fingerprint density at radius 3 is 2.81 bits per heavy atom. The lowest BCUT2D eigenvalue weighted by Gasteiger charge is -2.44. The summed E-state index contributed by atoms with van der Waals surface area (Å²) in [6.45, 7) is 2.96. The smallest absolute Gasteiger partial charge is 0.254 e. The quantitative estimate of drug-likeness (QED) is 0.756. The first-order chi connectivity index (χ1) is 7.52. The summed E-state index contributed by atoms with van der Waals surface area (Å²) < 4.78 is 0. The highest BCUT2D eigenvalue weighted by Crippen LogP contribution is 2.22. The van der Waals surface area contributed by atoms with Gasteiger partial charge < -0.3 is 15.7 Å². The highest BCUT2D eigenvalue weighted by Gasteiger charge is 2.39. The van der Waals surface area contributed by atoms with Crippen LogP contribution in [0.4, 0.5) is 0 Å². The summed E-state index contributed by atoms with van der Waals surface area (Å²) in [5.41, 5.74) is 6.38. The van der Waals surface area contributed by atoms with E-state index in [4.69, 9.17) is 5.73 Å². The van der Waals surface area contributed by atoms with Crippen molar-refractivity contribution in [2.45, 2.75) is 19.1 Å². The number of hydrogen-bond acceptors (Lipinski definition) is 3. The van der Waals surface area contributed by atoms with Crippen LogP contribution >= 0.6 is 0 Å². The molecule has 0 unspecified atom stereocenters. The number of carbonyl (C=O) groups excluding carboxylic acids is 1. The average molecular weight is 220 g/mol. The van der Waals surface area contributed by atoms with E-state index < -0.39 is 5.60 Å². The number of carbonyl (C=O) groups is 1. The Hall–Kier alpha value is -1.39. The molecule has 16 heavy (non-hydrogen) atoms. The lowest BCUT2D eigenvalue weighted by atomic mass is 9.95. The van der Waals surface area contributed by atoms with Gasteiger partial charge >= 0.3 is 0 Å². The van der Waals surface area contributed by atoms with Crippen molar-refractivity contribution in [3.8, 4) is 0 Å². The van der Waals surface area contributed by atoms with E-state index in [-0.39, 0.29) is 5.91 Å². The predicted octanol–water partition coefficient (Wildman–Crippen LogP) is 0.352. The average Bonchev–Trinajstić information content (AvgIpc) is 2.25. The molecule has 1 fully saturated rings. The minimum absolute atomic E-state index is 0.0400. The van der Waals surface area contributed by atoms with Gasteiger partial charge in [0.1, 0.15) is 0 Å². The third-order valence-corrected chi connectivity index (χ3v) is 2.76. The molecular weight excluding hydrogens is 204 g/mol. The Labute approximate surface area is 94.7 Å². The van der Waals surface area contributed by atoms with Gasteiger partial charge in [0.15, 0.2) is 0 Å². The SMILES string of the molecule is CC1(O)CN(C(=O)c2cccc(CN)c2)C1. The molecule has 0 bridgehead atoms. The van der Waals surface area contributed by atoms with Gasteiger partial charge in [-0.25, -0.2) is 0 Å². The van der Waals surface area contributed by atoms with Crippen LogP contribution < -0.4 is 5.73 Å². The summed E-state index contributed by atoms with van der Waals surface area (Å²) in [6.07, 6.45) is 0. The molecule has 0 aromatic heterocycles. The van der Waals surface area contributed by atoms with E-state index in [9.17, 15) is 9.90 Å². The Balaban J connectivity index is 2.10. The van der Waals surface area contributed by atoms with E-state index in [0.717, 1.165) is 5.56 Å². The van der Waals surface area contributed by atoms with Crippen molar-refractivity contribution in [3.05, 3.63) is 35.4 Å². The van der Waals surface area contributed by atoms with Crippen LogP contribution in [0.1, 0.15) is 22.8 Å². The Morgan fingerprint density at radius 2 is 2.25 bits per heavy atom. The summed E-state index contributed by atoms with van der Waals surface area (Å²) >= 11 is 0. The summed E-state index contributed by atoms with van der Waals surface area (Å²) in [6, 6.07) is 7.29. The Morgan fingerprint density at radius 1 is 1.56 bits per heavy atom. The second kappa shape index (κ2) is 3.88. The number of likely N-dealkylation sites (tertiary alicyclic amines) is 1. The topological polar surface area (TPSA) is 66.6 Å². The maximum Gasteiger partial charge on any atom is 0.254 e. The minimum atomic E-state index is -0.721. The van der Waals surface area contributed by atoms with Crippen molar-refractivity contribution < 1.29 is 9.90 Å². The molecule has 1 saturated heterocycles. The molecule has 0 atom stereocenters. The van der Waals surface area contributed by atoms with Crippen LogP contribution in [0.5, 0.6) is 0 Å². The monoisotopic (exact) mass is 220 g/mol. The molecule has 4 heteroatoms. The normalized spacial score (nSPS) is 18.1. The summed E-state index contributed by atoms with van der Waals surface area (Å²) in [7, 11) is 0. The second-order valence-corrected chi connectivity index (χ2v) is 4.56. The lowest BCUT2D eigenvalue weighted by Crippen LogP contribution is -2.61. The third kappa shape index (κ3) is 2.08. The molecular formula is C12H16N2O2. The van der Waals surface area contributed by atoms with Crippen LogP contribution in [0, 0.1) is 0 Å². The maximum absolute atomic E-state index is 12.0. The fourth-order valence-corrected chi connectivity index (χ4v) is 1.93. The zero-order valence-corrected chi connectivity index (χ0v) is 9.31. The van der Waals surface area contributed by atoms with Crippen LogP contribution in [0.2, 0.25) is 0 Å². The van der Waals surface area contributed by atoms with Gasteiger partial charge in [-0.2, -0.15) is 0 Å². The number of amides is 1. The molecule has 1 aromatic carbocycles. The highest BCUT2D eigenvalue weighted by atomic mass is 16.3. The van der Waals surface area contributed by atoms with Crippen molar-refractivity contribution in [2.24, 2.45) is 5.73 Å². The van der Waals surface area contributed by atoms with Crippen molar-refractivity contribution in [1.82, 2.24) is 4.90 Å². The van der Waals surface area contributed by atoms with Crippen LogP contribution in [-0.4, -0.2) is 34.6 Å². The first kappa shape index (κ1) is 11.1. The standard InChI is InChI=1S/C12H16N2O2/c1-12(16)7-14(8-12)11(15)10-4-2-3-9(5-10)6-13/h2-5,16H,6-8,13H2,1H3. The fourth-order valence-electron chi connectivity index (χ4n) is 1.93. The van der Waals surface area contributed by atoms with Crippen LogP contribution in [0.15, 0.2) is 24.3 Å². The Bertz CT molecular complexity index is 407. The molecule has 2 rings (SSSR count). The molecule has 1 heterocycles. The van der Waals surface area contributed by atoms with Crippen molar-refractivity contribution >= 4 is 5.91 Å². The van der Waals surface area contributed by atoms with E-state index in [1.165, 1.54) is 0 Å². The van der Waals surface area contributed by atoms with E-state index in [2.05, 4.69) is 0 Å². The summed E-state index contributed by atoms with van der Waals surface area (Å²) in [5, 5.41) is 9.57. The second-order valence-electron chi connectivity index (χ2n) is 4.56. The van der Waals surface area contributed by atoms with Gasteiger partial charge in [-0.3, -0.25) is 4.79 Å². The molecule has 0 radical (unpaired) electrons. The van der Waals surface area contributed by atoms with Crippen LogP contribution in [0.25, 0.3) is 0 Å². The number of aliphatic hydroxyl groups is 1.